The van der Waals surface area contributed by atoms with Gasteiger partial charge in [-0.05, 0) is 30.2 Å². The zero-order valence-corrected chi connectivity index (χ0v) is 12.2. The Morgan fingerprint density at radius 3 is 2.95 bits per heavy atom. The molecule has 0 saturated carbocycles. The van der Waals surface area contributed by atoms with Crippen molar-refractivity contribution in [1.82, 2.24) is 0 Å². The van der Waals surface area contributed by atoms with Crippen LogP contribution < -0.4 is 4.74 Å². The minimum absolute atomic E-state index is 0.398. The van der Waals surface area contributed by atoms with Gasteiger partial charge in [0.05, 0.1) is 12.2 Å². The zero-order chi connectivity index (χ0) is 13.9. The summed E-state index contributed by atoms with van der Waals surface area (Å²) in [4.78, 5) is 12.4. The quantitative estimate of drug-likeness (QED) is 0.791. The second-order valence-electron chi connectivity index (χ2n) is 4.97. The van der Waals surface area contributed by atoms with Crippen molar-refractivity contribution < 1.29 is 9.53 Å². The van der Waals surface area contributed by atoms with Crippen LogP contribution in [0, 0.1) is 6.92 Å². The number of hydrogen-bond donors (Lipinski definition) is 0. The van der Waals surface area contributed by atoms with Crippen LogP contribution in [0.1, 0.15) is 27.4 Å². The minimum atomic E-state index is 0.398. The summed E-state index contributed by atoms with van der Waals surface area (Å²) in [5.41, 5.74) is 3.00. The molecule has 0 bridgehead atoms. The van der Waals surface area contributed by atoms with Gasteiger partial charge in [-0.25, -0.2) is 0 Å². The van der Waals surface area contributed by atoms with Crippen molar-refractivity contribution in [2.45, 2.75) is 17.7 Å². The van der Waals surface area contributed by atoms with E-state index in [1.54, 1.807) is 6.07 Å². The first-order chi connectivity index (χ1) is 9.79. The molecule has 0 N–H and O–H groups in total. The van der Waals surface area contributed by atoms with Gasteiger partial charge in [-0.2, -0.15) is 0 Å². The van der Waals surface area contributed by atoms with Crippen LogP contribution in [-0.4, -0.2) is 18.6 Å². The van der Waals surface area contributed by atoms with Crippen LogP contribution >= 0.6 is 11.8 Å². The van der Waals surface area contributed by atoms with E-state index in [2.05, 4.69) is 24.3 Å². The van der Waals surface area contributed by atoms with Gasteiger partial charge < -0.3 is 4.74 Å². The van der Waals surface area contributed by atoms with Gasteiger partial charge in [0.15, 0.2) is 6.29 Å². The predicted octanol–water partition coefficient (Wildman–Crippen LogP) is 4.08. The average Bonchev–Trinajstić information content (AvgIpc) is 2.89. The van der Waals surface area contributed by atoms with Crippen molar-refractivity contribution in [3.8, 4) is 5.75 Å². The summed E-state index contributed by atoms with van der Waals surface area (Å²) in [7, 11) is 0. The lowest BCUT2D eigenvalue weighted by Crippen LogP contribution is -2.11. The van der Waals surface area contributed by atoms with E-state index in [9.17, 15) is 4.79 Å². The molecule has 20 heavy (non-hydrogen) atoms. The average molecular weight is 284 g/mol. The maximum Gasteiger partial charge on any atom is 0.153 e. The Labute approximate surface area is 123 Å². The maximum atomic E-state index is 11.1. The molecule has 0 aromatic heterocycles. The highest BCUT2D eigenvalue weighted by Crippen LogP contribution is 2.39. The smallest absolute Gasteiger partial charge is 0.153 e. The first kappa shape index (κ1) is 13.3. The van der Waals surface area contributed by atoms with E-state index in [4.69, 9.17) is 4.74 Å². The Hall–Kier alpha value is -1.74. The van der Waals surface area contributed by atoms with Crippen molar-refractivity contribution in [2.75, 3.05) is 12.4 Å². The summed E-state index contributed by atoms with van der Waals surface area (Å²) in [6, 6.07) is 14.1. The van der Waals surface area contributed by atoms with Crippen molar-refractivity contribution >= 4 is 18.0 Å². The fourth-order valence-electron chi connectivity index (χ4n) is 2.52. The largest absolute Gasteiger partial charge is 0.492 e. The van der Waals surface area contributed by atoms with Gasteiger partial charge in [-0.15, -0.1) is 11.8 Å². The SMILES string of the molecule is Cc1cccc(C=O)c1OCC1CSc2ccccc21. The fourth-order valence-corrected chi connectivity index (χ4v) is 3.75. The summed E-state index contributed by atoms with van der Waals surface area (Å²) in [5.74, 6) is 2.16. The number of aldehydes is 1. The van der Waals surface area contributed by atoms with Gasteiger partial charge in [0, 0.05) is 16.6 Å². The molecule has 1 atom stereocenters. The number of fused-ring (bicyclic) bond motifs is 1. The molecule has 2 aromatic carbocycles. The van der Waals surface area contributed by atoms with Crippen molar-refractivity contribution in [3.63, 3.8) is 0 Å². The number of hydrogen-bond acceptors (Lipinski definition) is 3. The lowest BCUT2D eigenvalue weighted by Gasteiger charge is -2.15. The number of carbonyl (C=O) groups excluding carboxylic acids is 1. The maximum absolute atomic E-state index is 11.1. The lowest BCUT2D eigenvalue weighted by atomic mass is 10.0. The van der Waals surface area contributed by atoms with Crippen LogP contribution in [0.5, 0.6) is 5.75 Å². The molecule has 1 unspecified atom stereocenters. The second kappa shape index (κ2) is 5.71. The molecule has 2 aromatic rings. The monoisotopic (exact) mass is 284 g/mol. The van der Waals surface area contributed by atoms with Crippen molar-refractivity contribution in [2.24, 2.45) is 0 Å². The van der Waals surface area contributed by atoms with Gasteiger partial charge in [0.2, 0.25) is 0 Å². The number of para-hydroxylation sites is 1. The summed E-state index contributed by atoms with van der Waals surface area (Å²) >= 11 is 1.88. The second-order valence-corrected chi connectivity index (χ2v) is 6.03. The standard InChI is InChI=1S/C17H16O2S/c1-12-5-4-6-13(9-18)17(12)19-10-14-11-20-16-8-3-2-7-15(14)16/h2-9,14H,10-11H2,1H3. The van der Waals surface area contributed by atoms with Crippen molar-refractivity contribution in [3.05, 3.63) is 59.2 Å². The van der Waals surface area contributed by atoms with E-state index in [0.29, 0.717) is 18.1 Å². The highest BCUT2D eigenvalue weighted by Gasteiger charge is 2.23. The molecule has 0 radical (unpaired) electrons. The van der Waals surface area contributed by atoms with E-state index in [-0.39, 0.29) is 0 Å². The Kier molecular flexibility index (Phi) is 3.79. The summed E-state index contributed by atoms with van der Waals surface area (Å²) in [6.07, 6.45) is 0.861. The molecule has 1 aliphatic rings. The topological polar surface area (TPSA) is 26.3 Å². The summed E-state index contributed by atoms with van der Waals surface area (Å²) in [5, 5.41) is 0. The zero-order valence-electron chi connectivity index (χ0n) is 11.3. The minimum Gasteiger partial charge on any atom is -0.492 e. The van der Waals surface area contributed by atoms with E-state index >= 15 is 0 Å². The Bertz CT molecular complexity index is 637. The van der Waals surface area contributed by atoms with E-state index < -0.39 is 0 Å². The van der Waals surface area contributed by atoms with Gasteiger partial charge in [-0.3, -0.25) is 4.79 Å². The lowest BCUT2D eigenvalue weighted by molar-refractivity contribution is 0.111. The first-order valence-electron chi connectivity index (χ1n) is 6.69. The van der Waals surface area contributed by atoms with Gasteiger partial charge in [-0.1, -0.05) is 30.3 Å². The molecule has 0 amide bonds. The number of aryl methyl sites for hydroxylation is 1. The summed E-state index contributed by atoms with van der Waals surface area (Å²) < 4.78 is 5.96. The molecule has 0 aliphatic carbocycles. The normalized spacial score (nSPS) is 16.8. The molecule has 2 nitrogen and oxygen atoms in total. The third kappa shape index (κ3) is 2.46. The molecule has 0 saturated heterocycles. The molecule has 0 spiro atoms. The molecule has 3 heteroatoms. The van der Waals surface area contributed by atoms with Gasteiger partial charge in [0.25, 0.3) is 0 Å². The molecular formula is C17H16O2S. The predicted molar refractivity (Wildman–Crippen MR) is 82.0 cm³/mol. The van der Waals surface area contributed by atoms with Crippen LogP contribution in [0.3, 0.4) is 0 Å². The van der Waals surface area contributed by atoms with Gasteiger partial charge >= 0.3 is 0 Å². The number of carbonyl (C=O) groups is 1. The van der Waals surface area contributed by atoms with Crippen molar-refractivity contribution in [1.29, 1.82) is 0 Å². The highest BCUT2D eigenvalue weighted by molar-refractivity contribution is 7.99. The van der Waals surface area contributed by atoms with Crippen LogP contribution in [0.25, 0.3) is 0 Å². The Morgan fingerprint density at radius 2 is 2.10 bits per heavy atom. The number of thioether (sulfide) groups is 1. The molecule has 1 heterocycles. The van der Waals surface area contributed by atoms with E-state index in [1.807, 2.05) is 30.8 Å². The third-order valence-corrected chi connectivity index (χ3v) is 4.85. The fraction of sp³-hybridized carbons (Fsp3) is 0.235. The molecule has 1 aliphatic heterocycles. The Balaban J connectivity index is 1.77. The van der Waals surface area contributed by atoms with Crippen LogP contribution in [0.4, 0.5) is 0 Å². The third-order valence-electron chi connectivity index (χ3n) is 3.60. The van der Waals surface area contributed by atoms with E-state index in [0.717, 1.165) is 23.4 Å². The van der Waals surface area contributed by atoms with E-state index in [1.165, 1.54) is 10.5 Å². The van der Waals surface area contributed by atoms with Crippen LogP contribution in [-0.2, 0) is 0 Å². The number of ether oxygens (including phenoxy) is 1. The Morgan fingerprint density at radius 1 is 1.25 bits per heavy atom. The number of rotatable bonds is 4. The number of benzene rings is 2. The van der Waals surface area contributed by atoms with Crippen LogP contribution in [0.2, 0.25) is 0 Å². The van der Waals surface area contributed by atoms with Crippen LogP contribution in [0.15, 0.2) is 47.4 Å². The molecule has 102 valence electrons. The highest BCUT2D eigenvalue weighted by atomic mass is 32.2. The first-order valence-corrected chi connectivity index (χ1v) is 7.67. The molecule has 0 fully saturated rings. The molecular weight excluding hydrogens is 268 g/mol. The van der Waals surface area contributed by atoms with Gasteiger partial charge in [0.1, 0.15) is 5.75 Å². The molecule has 3 rings (SSSR count). The summed E-state index contributed by atoms with van der Waals surface area (Å²) in [6.45, 7) is 2.59.